The van der Waals surface area contributed by atoms with Gasteiger partial charge in [-0.1, -0.05) is 42.5 Å². The van der Waals surface area contributed by atoms with Crippen LogP contribution in [0, 0.1) is 0 Å². The minimum atomic E-state index is -0.704. The maximum atomic E-state index is 13.2. The molecule has 8 heteroatoms. The number of rotatable bonds is 0. The number of H-pyrrole nitrogens is 1. The molecule has 0 bridgehead atoms. The number of benzene rings is 2. The van der Waals surface area contributed by atoms with Gasteiger partial charge >= 0.3 is 0 Å². The van der Waals surface area contributed by atoms with Crippen LogP contribution in [0.2, 0.25) is 0 Å². The molecule has 29 heavy (non-hydrogen) atoms. The Kier molecular flexibility index (Phi) is 2.78. The summed E-state index contributed by atoms with van der Waals surface area (Å²) in [7, 11) is 0. The highest BCUT2D eigenvalue weighted by atomic mass is 16.3. The first-order valence-electron chi connectivity index (χ1n) is 8.81. The van der Waals surface area contributed by atoms with Gasteiger partial charge in [0.2, 0.25) is 5.78 Å². The molecular weight excluding hydrogens is 372 g/mol. The Hall–Kier alpha value is -4.33. The van der Waals surface area contributed by atoms with Gasteiger partial charge in [-0.3, -0.25) is 14.4 Å². The van der Waals surface area contributed by atoms with Crippen LogP contribution in [0.3, 0.4) is 0 Å². The lowest BCUT2D eigenvalue weighted by Gasteiger charge is -2.13. The molecule has 0 unspecified atom stereocenters. The summed E-state index contributed by atoms with van der Waals surface area (Å²) in [5.41, 5.74) is 0.0243. The third-order valence-electron chi connectivity index (χ3n) is 5.26. The lowest BCUT2D eigenvalue weighted by Crippen LogP contribution is -2.42. The molecule has 2 aromatic carbocycles. The van der Waals surface area contributed by atoms with E-state index in [1.54, 1.807) is 48.5 Å². The van der Waals surface area contributed by atoms with Crippen molar-refractivity contribution in [3.63, 3.8) is 0 Å². The highest BCUT2D eigenvalue weighted by Crippen LogP contribution is 2.24. The second kappa shape index (κ2) is 5.14. The van der Waals surface area contributed by atoms with Crippen LogP contribution in [-0.2, 0) is 0 Å². The maximum Gasteiger partial charge on any atom is 0.286 e. The predicted molar refractivity (Wildman–Crippen MR) is 105 cm³/mol. The van der Waals surface area contributed by atoms with Crippen LogP contribution < -0.4 is 16.3 Å². The number of ketones is 1. The van der Waals surface area contributed by atoms with Crippen LogP contribution in [0.5, 0.6) is 0 Å². The van der Waals surface area contributed by atoms with Crippen molar-refractivity contribution >= 4 is 39.0 Å². The van der Waals surface area contributed by atoms with E-state index in [0.29, 0.717) is 16.4 Å². The average molecular weight is 382 g/mol. The zero-order valence-electron chi connectivity index (χ0n) is 14.6. The molecule has 0 radical (unpaired) electrons. The van der Waals surface area contributed by atoms with Gasteiger partial charge < -0.3 is 10.1 Å². The number of hydrogen-bond donors (Lipinski definition) is 2. The zero-order chi connectivity index (χ0) is 19.9. The Morgan fingerprint density at radius 2 is 1.66 bits per heavy atom. The molecule has 138 valence electrons. The number of nitrogens with zero attached hydrogens (tertiary/aromatic N) is 3. The Bertz CT molecular complexity index is 1730. The standard InChI is InChI=1S/C21H10N4O4/c26-17-9-5-1-2-6-10(9)18(27)16-13(17)21(29)25-19(23-16)14-15(24-25)11-7-3-4-8-12(11)22-20(14)28/h1-8,26H,(H,22,28). The second-order valence-electron chi connectivity index (χ2n) is 6.82. The normalized spacial score (nSPS) is 13.2. The maximum absolute atomic E-state index is 13.2. The summed E-state index contributed by atoms with van der Waals surface area (Å²) < 4.78 is 0.975. The molecule has 3 heterocycles. The summed E-state index contributed by atoms with van der Waals surface area (Å²) in [4.78, 5) is 45.9. The van der Waals surface area contributed by atoms with Gasteiger partial charge in [0.25, 0.3) is 11.1 Å². The molecule has 1 aliphatic carbocycles. The Morgan fingerprint density at radius 1 is 0.931 bits per heavy atom. The van der Waals surface area contributed by atoms with E-state index in [9.17, 15) is 19.5 Å². The monoisotopic (exact) mass is 382 g/mol. The average Bonchev–Trinajstić information content (AvgIpc) is 3.13. The number of aromatic nitrogens is 4. The second-order valence-corrected chi connectivity index (χ2v) is 6.82. The molecule has 2 N–H and O–H groups in total. The van der Waals surface area contributed by atoms with Crippen LogP contribution in [0.1, 0.15) is 21.6 Å². The Morgan fingerprint density at radius 3 is 2.48 bits per heavy atom. The quantitative estimate of drug-likeness (QED) is 0.414. The third-order valence-corrected chi connectivity index (χ3v) is 5.26. The Labute approximate surface area is 160 Å². The van der Waals surface area contributed by atoms with E-state index in [2.05, 4.69) is 15.1 Å². The number of para-hydroxylation sites is 1. The minimum absolute atomic E-state index is 0.0173. The molecule has 1 aliphatic rings. The first-order valence-corrected chi connectivity index (χ1v) is 8.81. The lowest BCUT2D eigenvalue weighted by atomic mass is 9.93. The highest BCUT2D eigenvalue weighted by molar-refractivity contribution is 6.14. The van der Waals surface area contributed by atoms with Crippen LogP contribution in [0.4, 0.5) is 0 Å². The van der Waals surface area contributed by atoms with E-state index in [-0.39, 0.29) is 38.8 Å². The first kappa shape index (κ1) is 15.7. The lowest BCUT2D eigenvalue weighted by molar-refractivity contribution is 0.103. The van der Waals surface area contributed by atoms with Crippen molar-refractivity contribution in [3.05, 3.63) is 91.3 Å². The molecule has 0 amide bonds. The van der Waals surface area contributed by atoms with Gasteiger partial charge in [-0.2, -0.15) is 9.61 Å². The van der Waals surface area contributed by atoms with E-state index < -0.39 is 16.9 Å². The van der Waals surface area contributed by atoms with Crippen LogP contribution in [0.15, 0.2) is 58.1 Å². The molecule has 0 spiro atoms. The van der Waals surface area contributed by atoms with Crippen molar-refractivity contribution in [3.8, 4) is 0 Å². The smallest absolute Gasteiger partial charge is 0.286 e. The molecular formula is C21H10N4O4. The van der Waals surface area contributed by atoms with Crippen molar-refractivity contribution in [1.29, 1.82) is 0 Å². The van der Waals surface area contributed by atoms with Gasteiger partial charge in [0.1, 0.15) is 27.6 Å². The SMILES string of the molecule is O=C1c2ccccc2C(O)=c2c1nc1c3c(=O)[nH]c4ccccc4c3nn1c2=O. The van der Waals surface area contributed by atoms with Gasteiger partial charge in [0, 0.05) is 16.5 Å². The van der Waals surface area contributed by atoms with E-state index >= 15 is 0 Å². The molecule has 5 aromatic rings. The summed E-state index contributed by atoms with van der Waals surface area (Å²) >= 11 is 0. The topological polar surface area (TPSA) is 117 Å². The minimum Gasteiger partial charge on any atom is -0.506 e. The number of pyridine rings is 1. The molecule has 0 aliphatic heterocycles. The van der Waals surface area contributed by atoms with Gasteiger partial charge in [-0.25, -0.2) is 4.98 Å². The van der Waals surface area contributed by atoms with E-state index in [1.807, 2.05) is 0 Å². The molecule has 3 aromatic heterocycles. The summed E-state index contributed by atoms with van der Waals surface area (Å²) in [6, 6.07) is 13.5. The van der Waals surface area contributed by atoms with Crippen molar-refractivity contribution in [1.82, 2.24) is 19.6 Å². The predicted octanol–water partition coefficient (Wildman–Crippen LogP) is 1.06. The summed E-state index contributed by atoms with van der Waals surface area (Å²) in [5.74, 6) is -0.813. The number of fused-ring (bicyclic) bond motifs is 7. The first-order chi connectivity index (χ1) is 14.1. The fourth-order valence-electron chi connectivity index (χ4n) is 3.93. The molecule has 6 rings (SSSR count). The largest absolute Gasteiger partial charge is 0.506 e. The fraction of sp³-hybridized carbons (Fsp3) is 0. The van der Waals surface area contributed by atoms with Crippen molar-refractivity contribution in [2.75, 3.05) is 0 Å². The number of nitrogens with one attached hydrogen (secondary N) is 1. The van der Waals surface area contributed by atoms with E-state index in [0.717, 1.165) is 4.52 Å². The third kappa shape index (κ3) is 1.84. The highest BCUT2D eigenvalue weighted by Gasteiger charge is 2.29. The molecule has 0 atom stereocenters. The van der Waals surface area contributed by atoms with Crippen LogP contribution in [-0.4, -0.2) is 30.5 Å². The van der Waals surface area contributed by atoms with Crippen molar-refractivity contribution in [2.45, 2.75) is 0 Å². The molecule has 8 nitrogen and oxygen atoms in total. The Balaban J connectivity index is 1.89. The molecule has 0 saturated heterocycles. The summed E-state index contributed by atoms with van der Waals surface area (Å²) in [6.45, 7) is 0. The van der Waals surface area contributed by atoms with Gasteiger partial charge in [0.15, 0.2) is 5.65 Å². The van der Waals surface area contributed by atoms with E-state index in [1.165, 1.54) is 0 Å². The van der Waals surface area contributed by atoms with Gasteiger partial charge in [-0.15, -0.1) is 0 Å². The van der Waals surface area contributed by atoms with Crippen molar-refractivity contribution < 1.29 is 9.90 Å². The number of aliphatic hydroxyl groups excluding tert-OH is 1. The van der Waals surface area contributed by atoms with Gasteiger partial charge in [-0.05, 0) is 6.07 Å². The van der Waals surface area contributed by atoms with E-state index in [4.69, 9.17) is 0 Å². The molecule has 0 fully saturated rings. The number of hydrogen-bond acceptors (Lipinski definition) is 6. The fourth-order valence-corrected chi connectivity index (χ4v) is 3.93. The number of carbonyl (C=O) groups excluding carboxylic acids is 1. The van der Waals surface area contributed by atoms with Gasteiger partial charge in [0.05, 0.1) is 5.52 Å². The number of aliphatic hydroxyl groups is 1. The van der Waals surface area contributed by atoms with Crippen molar-refractivity contribution in [2.24, 2.45) is 0 Å². The number of carbonyl (C=O) groups is 1. The number of aromatic amines is 1. The summed E-state index contributed by atoms with van der Waals surface area (Å²) in [6.07, 6.45) is 0. The molecule has 0 saturated carbocycles. The zero-order valence-corrected chi connectivity index (χ0v) is 14.6. The summed E-state index contributed by atoms with van der Waals surface area (Å²) in [5, 5.41) is 15.6. The van der Waals surface area contributed by atoms with Crippen LogP contribution in [0.25, 0.3) is 33.2 Å². The van der Waals surface area contributed by atoms with Crippen LogP contribution >= 0.6 is 0 Å².